The largest absolute Gasteiger partial charge is 0.487 e. The fourth-order valence-corrected chi connectivity index (χ4v) is 3.92. The molecule has 1 aromatic carbocycles. The molecule has 1 amide bonds. The number of imidazole rings is 1. The van der Waals surface area contributed by atoms with Gasteiger partial charge in [0.05, 0.1) is 5.69 Å². The number of nitrogens with one attached hydrogen (secondary N) is 1. The molecule has 0 bridgehead atoms. The molecule has 4 rings (SSSR count). The first-order chi connectivity index (χ1) is 13.7. The Balaban J connectivity index is 1.35. The topological polar surface area (TPSA) is 55.6 Å². The Hall–Kier alpha value is -2.82. The first-order valence-electron chi connectivity index (χ1n) is 10.2. The maximum atomic E-state index is 12.6. The van der Waals surface area contributed by atoms with Gasteiger partial charge in [-0.05, 0) is 61.9 Å². The summed E-state index contributed by atoms with van der Waals surface area (Å²) < 4.78 is 7.84. The Morgan fingerprint density at radius 2 is 2.04 bits per heavy atom. The molecule has 2 heterocycles. The first kappa shape index (κ1) is 18.5. The van der Waals surface area contributed by atoms with Gasteiger partial charge in [0.1, 0.15) is 18.0 Å². The van der Waals surface area contributed by atoms with Crippen LogP contribution in [0.5, 0.6) is 5.75 Å². The molecule has 0 unspecified atom stereocenters. The molecule has 1 aliphatic carbocycles. The fraction of sp³-hybridized carbons (Fsp3) is 0.391. The Bertz CT molecular complexity index is 909. The summed E-state index contributed by atoms with van der Waals surface area (Å²) in [6.45, 7) is 2.62. The van der Waals surface area contributed by atoms with E-state index in [2.05, 4.69) is 17.2 Å². The minimum absolute atomic E-state index is 0.0156. The van der Waals surface area contributed by atoms with Crippen LogP contribution in [0.2, 0.25) is 0 Å². The third-order valence-corrected chi connectivity index (χ3v) is 5.66. The smallest absolute Gasteiger partial charge is 0.251 e. The Labute approximate surface area is 165 Å². The molecular weight excluding hydrogens is 350 g/mol. The molecule has 0 saturated heterocycles. The van der Waals surface area contributed by atoms with Crippen LogP contribution in [-0.2, 0) is 6.61 Å². The second kappa shape index (κ2) is 8.46. The van der Waals surface area contributed by atoms with E-state index in [1.165, 1.54) is 19.3 Å². The summed E-state index contributed by atoms with van der Waals surface area (Å²) in [5, 5.41) is 3.19. The lowest BCUT2D eigenvalue weighted by Gasteiger charge is -2.28. The summed E-state index contributed by atoms with van der Waals surface area (Å²) >= 11 is 0. The number of aromatic nitrogens is 2. The van der Waals surface area contributed by atoms with Crippen molar-refractivity contribution < 1.29 is 9.53 Å². The van der Waals surface area contributed by atoms with Crippen molar-refractivity contribution in [2.24, 2.45) is 5.92 Å². The molecule has 3 aromatic rings. The van der Waals surface area contributed by atoms with Gasteiger partial charge in [-0.15, -0.1) is 0 Å². The molecule has 146 valence electrons. The number of carbonyl (C=O) groups excluding carboxylic acids is 1. The predicted molar refractivity (Wildman–Crippen MR) is 109 cm³/mol. The van der Waals surface area contributed by atoms with Crippen LogP contribution in [0, 0.1) is 5.92 Å². The highest BCUT2D eigenvalue weighted by atomic mass is 16.5. The summed E-state index contributed by atoms with van der Waals surface area (Å²) in [5.74, 6) is 1.49. The number of hydrogen-bond acceptors (Lipinski definition) is 3. The summed E-state index contributed by atoms with van der Waals surface area (Å²) in [6.07, 6.45) is 9.74. The Morgan fingerprint density at radius 1 is 1.18 bits per heavy atom. The average Bonchev–Trinajstić information content (AvgIpc) is 3.16. The number of fused-ring (bicyclic) bond motifs is 1. The average molecular weight is 377 g/mol. The number of nitrogens with zero attached hydrogens (tertiary/aromatic N) is 2. The summed E-state index contributed by atoms with van der Waals surface area (Å²) in [7, 11) is 0. The van der Waals surface area contributed by atoms with Gasteiger partial charge in [-0.2, -0.15) is 0 Å². The molecule has 5 heteroatoms. The van der Waals surface area contributed by atoms with Crippen LogP contribution in [0.4, 0.5) is 0 Å². The lowest BCUT2D eigenvalue weighted by Crippen LogP contribution is -2.37. The van der Waals surface area contributed by atoms with Gasteiger partial charge in [0.25, 0.3) is 5.91 Å². The maximum Gasteiger partial charge on any atom is 0.251 e. The number of rotatable bonds is 6. The third kappa shape index (κ3) is 4.35. The first-order valence-corrected chi connectivity index (χ1v) is 10.2. The zero-order valence-corrected chi connectivity index (χ0v) is 16.3. The lowest BCUT2D eigenvalue weighted by molar-refractivity contribution is 0.0921. The van der Waals surface area contributed by atoms with Gasteiger partial charge >= 0.3 is 0 Å². The number of ether oxygens (including phenoxy) is 1. The van der Waals surface area contributed by atoms with E-state index < -0.39 is 0 Å². The van der Waals surface area contributed by atoms with Gasteiger partial charge in [0.15, 0.2) is 0 Å². The number of hydrogen-bond donors (Lipinski definition) is 1. The standard InChI is InChI=1S/C23H27N3O2/c1-2-17-9-11-19(12-10-17)25-23(27)18-6-5-7-21(14-18)28-16-20-15-26-13-4-3-8-22(26)24-20/h3-8,13-15,17,19H,2,9-12,16H2,1H3,(H,25,27). The normalized spacial score (nSPS) is 19.5. The van der Waals surface area contributed by atoms with Gasteiger partial charge in [-0.25, -0.2) is 4.98 Å². The van der Waals surface area contributed by atoms with Crippen LogP contribution in [-0.4, -0.2) is 21.3 Å². The second-order valence-corrected chi connectivity index (χ2v) is 7.61. The fourth-order valence-electron chi connectivity index (χ4n) is 3.92. The highest BCUT2D eigenvalue weighted by Gasteiger charge is 2.21. The van der Waals surface area contributed by atoms with E-state index in [4.69, 9.17) is 4.74 Å². The highest BCUT2D eigenvalue weighted by molar-refractivity contribution is 5.94. The van der Waals surface area contributed by atoms with E-state index in [1.807, 2.05) is 59.3 Å². The quantitative estimate of drug-likeness (QED) is 0.682. The molecule has 0 aliphatic heterocycles. The highest BCUT2D eigenvalue weighted by Crippen LogP contribution is 2.26. The minimum atomic E-state index is -0.0156. The van der Waals surface area contributed by atoms with Gasteiger partial charge in [0.2, 0.25) is 0 Å². The number of amides is 1. The van der Waals surface area contributed by atoms with E-state index in [9.17, 15) is 4.79 Å². The summed E-state index contributed by atoms with van der Waals surface area (Å²) in [5.41, 5.74) is 2.39. The van der Waals surface area contributed by atoms with E-state index in [0.29, 0.717) is 17.9 Å². The molecule has 0 spiro atoms. The SMILES string of the molecule is CCC1CCC(NC(=O)c2cccc(OCc3cn4ccccc4n3)c2)CC1. The van der Waals surface area contributed by atoms with Gasteiger partial charge in [-0.3, -0.25) is 4.79 Å². The van der Waals surface area contributed by atoms with Crippen LogP contribution in [0.15, 0.2) is 54.9 Å². The second-order valence-electron chi connectivity index (χ2n) is 7.61. The van der Waals surface area contributed by atoms with Crippen molar-refractivity contribution in [1.29, 1.82) is 0 Å². The van der Waals surface area contributed by atoms with Gasteiger partial charge < -0.3 is 14.5 Å². The zero-order valence-electron chi connectivity index (χ0n) is 16.3. The van der Waals surface area contributed by atoms with Crippen molar-refractivity contribution in [1.82, 2.24) is 14.7 Å². The molecule has 1 fully saturated rings. The molecule has 0 radical (unpaired) electrons. The molecule has 2 aromatic heterocycles. The van der Waals surface area contributed by atoms with Crippen LogP contribution >= 0.6 is 0 Å². The number of carbonyl (C=O) groups is 1. The van der Waals surface area contributed by atoms with Crippen LogP contribution in [0.25, 0.3) is 5.65 Å². The van der Waals surface area contributed by atoms with Crippen molar-refractivity contribution in [3.63, 3.8) is 0 Å². The molecule has 5 nitrogen and oxygen atoms in total. The lowest BCUT2D eigenvalue weighted by atomic mass is 9.84. The predicted octanol–water partition coefficient (Wildman–Crippen LogP) is 4.61. The molecule has 0 atom stereocenters. The number of benzene rings is 1. The minimum Gasteiger partial charge on any atom is -0.487 e. The Morgan fingerprint density at radius 3 is 2.82 bits per heavy atom. The molecule has 1 aliphatic rings. The summed E-state index contributed by atoms with van der Waals surface area (Å²) in [6, 6.07) is 13.6. The third-order valence-electron chi connectivity index (χ3n) is 5.66. The van der Waals surface area contributed by atoms with Crippen molar-refractivity contribution in [3.8, 4) is 5.75 Å². The molecule has 1 N–H and O–H groups in total. The molecule has 1 saturated carbocycles. The monoisotopic (exact) mass is 377 g/mol. The zero-order chi connectivity index (χ0) is 19.3. The van der Waals surface area contributed by atoms with E-state index in [0.717, 1.165) is 30.1 Å². The van der Waals surface area contributed by atoms with E-state index >= 15 is 0 Å². The van der Waals surface area contributed by atoms with E-state index in [1.54, 1.807) is 0 Å². The van der Waals surface area contributed by atoms with Crippen molar-refractivity contribution in [2.75, 3.05) is 0 Å². The van der Waals surface area contributed by atoms with Crippen molar-refractivity contribution >= 4 is 11.6 Å². The van der Waals surface area contributed by atoms with Gasteiger partial charge in [0, 0.05) is 24.0 Å². The maximum absolute atomic E-state index is 12.6. The van der Waals surface area contributed by atoms with Crippen molar-refractivity contribution in [3.05, 3.63) is 66.1 Å². The van der Waals surface area contributed by atoms with Crippen LogP contribution in [0.3, 0.4) is 0 Å². The van der Waals surface area contributed by atoms with E-state index in [-0.39, 0.29) is 11.9 Å². The Kier molecular flexibility index (Phi) is 5.60. The summed E-state index contributed by atoms with van der Waals surface area (Å²) in [4.78, 5) is 17.2. The van der Waals surface area contributed by atoms with Gasteiger partial charge in [-0.1, -0.05) is 25.5 Å². The van der Waals surface area contributed by atoms with Crippen LogP contribution < -0.4 is 10.1 Å². The van der Waals surface area contributed by atoms with Crippen molar-refractivity contribution in [2.45, 2.75) is 51.7 Å². The van der Waals surface area contributed by atoms with Crippen LogP contribution in [0.1, 0.15) is 55.1 Å². The number of pyridine rings is 1. The molecule has 28 heavy (non-hydrogen) atoms. The molecular formula is C23H27N3O2.